The van der Waals surface area contributed by atoms with Gasteiger partial charge in [0, 0.05) is 4.88 Å². The minimum Gasteiger partial charge on any atom is -0.348 e. The van der Waals surface area contributed by atoms with Gasteiger partial charge < -0.3 is 5.32 Å². The zero-order valence-corrected chi connectivity index (χ0v) is 16.8. The summed E-state index contributed by atoms with van der Waals surface area (Å²) in [5, 5.41) is 4.33. The molecule has 0 saturated heterocycles. The van der Waals surface area contributed by atoms with E-state index in [-0.39, 0.29) is 24.1 Å². The van der Waals surface area contributed by atoms with Gasteiger partial charge in [0.2, 0.25) is 5.91 Å². The van der Waals surface area contributed by atoms with Crippen LogP contribution in [-0.2, 0) is 11.3 Å². The van der Waals surface area contributed by atoms with Gasteiger partial charge in [-0.25, -0.2) is 4.98 Å². The molecule has 0 aliphatic rings. The first-order valence-electron chi connectivity index (χ1n) is 7.97. The van der Waals surface area contributed by atoms with E-state index >= 15 is 0 Å². The van der Waals surface area contributed by atoms with E-state index < -0.39 is 0 Å². The van der Waals surface area contributed by atoms with Crippen LogP contribution in [0.4, 0.5) is 0 Å². The second kappa shape index (κ2) is 7.39. The lowest BCUT2D eigenvalue weighted by Gasteiger charge is -2.15. The summed E-state index contributed by atoms with van der Waals surface area (Å²) in [5.74, 6) is -0.281. The van der Waals surface area contributed by atoms with Gasteiger partial charge in [0.25, 0.3) is 5.56 Å². The van der Waals surface area contributed by atoms with Crippen molar-refractivity contribution in [3.8, 4) is 0 Å². The number of aryl methyl sites for hydroxylation is 2. The molecular formula is C18H17Cl2N3O2S. The molecule has 2 aromatic heterocycles. The van der Waals surface area contributed by atoms with Gasteiger partial charge in [0.05, 0.1) is 27.8 Å². The monoisotopic (exact) mass is 409 g/mol. The normalized spacial score (nSPS) is 12.3. The fraction of sp³-hybridized carbons (Fsp3) is 0.278. The molecular weight excluding hydrogens is 393 g/mol. The van der Waals surface area contributed by atoms with Gasteiger partial charge in [-0.15, -0.1) is 11.3 Å². The summed E-state index contributed by atoms with van der Waals surface area (Å²) in [6.07, 6.45) is 1.42. The van der Waals surface area contributed by atoms with E-state index in [9.17, 15) is 9.59 Å². The Bertz CT molecular complexity index is 1060. The molecule has 1 amide bonds. The van der Waals surface area contributed by atoms with Crippen molar-refractivity contribution in [3.63, 3.8) is 0 Å². The van der Waals surface area contributed by atoms with Crippen LogP contribution in [0.15, 0.2) is 29.3 Å². The van der Waals surface area contributed by atoms with E-state index in [1.54, 1.807) is 18.2 Å². The molecule has 0 bridgehead atoms. The SMILES string of the molecule is Cc1sc2ncn(CC(=O)NC(C)c3ccc(Cl)c(Cl)c3)c(=O)c2c1C. The third kappa shape index (κ3) is 3.63. The molecule has 0 fully saturated rings. The van der Waals surface area contributed by atoms with Gasteiger partial charge in [-0.3, -0.25) is 14.2 Å². The first-order chi connectivity index (χ1) is 12.3. The Morgan fingerprint density at radius 1 is 1.31 bits per heavy atom. The van der Waals surface area contributed by atoms with E-state index in [4.69, 9.17) is 23.2 Å². The Kier molecular flexibility index (Phi) is 5.37. The molecule has 5 nitrogen and oxygen atoms in total. The minimum atomic E-state index is -0.281. The smallest absolute Gasteiger partial charge is 0.262 e. The lowest BCUT2D eigenvalue weighted by atomic mass is 10.1. The number of nitrogens with one attached hydrogen (secondary N) is 1. The summed E-state index contributed by atoms with van der Waals surface area (Å²) in [6.45, 7) is 5.60. The predicted octanol–water partition coefficient (Wildman–Crippen LogP) is 4.26. The van der Waals surface area contributed by atoms with E-state index in [0.29, 0.717) is 20.3 Å². The van der Waals surface area contributed by atoms with E-state index in [1.807, 2.05) is 20.8 Å². The number of rotatable bonds is 4. The van der Waals surface area contributed by atoms with Crippen molar-refractivity contribution >= 4 is 50.7 Å². The highest BCUT2D eigenvalue weighted by molar-refractivity contribution is 7.18. The number of nitrogens with zero attached hydrogens (tertiary/aromatic N) is 2. The van der Waals surface area contributed by atoms with Gasteiger partial charge >= 0.3 is 0 Å². The van der Waals surface area contributed by atoms with Gasteiger partial charge in [-0.2, -0.15) is 0 Å². The Hall–Kier alpha value is -1.89. The van der Waals surface area contributed by atoms with Crippen LogP contribution in [-0.4, -0.2) is 15.5 Å². The van der Waals surface area contributed by atoms with Gasteiger partial charge in [-0.05, 0) is 44.0 Å². The number of benzene rings is 1. The number of fused-ring (bicyclic) bond motifs is 1. The van der Waals surface area contributed by atoms with Crippen molar-refractivity contribution in [3.05, 3.63) is 60.9 Å². The molecule has 2 heterocycles. The molecule has 1 N–H and O–H groups in total. The quantitative estimate of drug-likeness (QED) is 0.699. The average Bonchev–Trinajstić information content (AvgIpc) is 2.88. The predicted molar refractivity (Wildman–Crippen MR) is 106 cm³/mol. The molecule has 0 aliphatic heterocycles. The first-order valence-corrected chi connectivity index (χ1v) is 9.54. The zero-order chi connectivity index (χ0) is 19.0. The highest BCUT2D eigenvalue weighted by Crippen LogP contribution is 2.26. The number of aromatic nitrogens is 2. The second-order valence-corrected chi connectivity index (χ2v) is 8.12. The minimum absolute atomic E-state index is 0.0955. The molecule has 26 heavy (non-hydrogen) atoms. The van der Waals surface area contributed by atoms with Gasteiger partial charge in [0.15, 0.2) is 0 Å². The molecule has 1 aromatic carbocycles. The van der Waals surface area contributed by atoms with Crippen molar-refractivity contribution in [1.29, 1.82) is 0 Å². The van der Waals surface area contributed by atoms with Crippen molar-refractivity contribution in [1.82, 2.24) is 14.9 Å². The Balaban J connectivity index is 1.78. The number of thiophene rings is 1. The van der Waals surface area contributed by atoms with Crippen molar-refractivity contribution in [2.45, 2.75) is 33.4 Å². The summed E-state index contributed by atoms with van der Waals surface area (Å²) in [7, 11) is 0. The fourth-order valence-electron chi connectivity index (χ4n) is 2.69. The topological polar surface area (TPSA) is 64.0 Å². The van der Waals surface area contributed by atoms with E-state index in [2.05, 4.69) is 10.3 Å². The van der Waals surface area contributed by atoms with Gasteiger partial charge in [0.1, 0.15) is 11.4 Å². The van der Waals surface area contributed by atoms with E-state index in [1.165, 1.54) is 22.2 Å². The number of amides is 1. The first kappa shape index (κ1) is 18.9. The molecule has 3 aromatic rings. The van der Waals surface area contributed by atoms with Crippen LogP contribution in [0, 0.1) is 13.8 Å². The maximum absolute atomic E-state index is 12.7. The molecule has 0 radical (unpaired) electrons. The van der Waals surface area contributed by atoms with Crippen LogP contribution >= 0.6 is 34.5 Å². The molecule has 0 aliphatic carbocycles. The Morgan fingerprint density at radius 2 is 2.04 bits per heavy atom. The standard InChI is InChI=1S/C18H17Cl2N3O2S/c1-9-11(3)26-17-16(9)18(25)23(8-21-17)7-15(24)22-10(2)12-4-5-13(19)14(20)6-12/h4-6,8,10H,7H2,1-3H3,(H,22,24). The molecule has 0 spiro atoms. The van der Waals surface area contributed by atoms with Gasteiger partial charge in [-0.1, -0.05) is 29.3 Å². The van der Waals surface area contributed by atoms with Crippen LogP contribution in [0.2, 0.25) is 10.0 Å². The number of halogens is 2. The maximum Gasteiger partial charge on any atom is 0.262 e. The molecule has 8 heteroatoms. The molecule has 3 rings (SSSR count). The maximum atomic E-state index is 12.7. The zero-order valence-electron chi connectivity index (χ0n) is 14.5. The lowest BCUT2D eigenvalue weighted by Crippen LogP contribution is -2.34. The summed E-state index contributed by atoms with van der Waals surface area (Å²) < 4.78 is 1.33. The summed E-state index contributed by atoms with van der Waals surface area (Å²) >= 11 is 13.4. The van der Waals surface area contributed by atoms with Crippen molar-refractivity contribution in [2.75, 3.05) is 0 Å². The Labute approximate surface area is 164 Å². The average molecular weight is 410 g/mol. The fourth-order valence-corrected chi connectivity index (χ4v) is 3.98. The number of carbonyl (C=O) groups is 1. The highest BCUT2D eigenvalue weighted by Gasteiger charge is 2.15. The molecule has 136 valence electrons. The third-order valence-electron chi connectivity index (χ3n) is 4.29. The summed E-state index contributed by atoms with van der Waals surface area (Å²) in [4.78, 5) is 31.1. The number of carbonyl (C=O) groups excluding carboxylic acids is 1. The second-order valence-electron chi connectivity index (χ2n) is 6.10. The van der Waals surface area contributed by atoms with E-state index in [0.717, 1.165) is 16.0 Å². The summed E-state index contributed by atoms with van der Waals surface area (Å²) in [6, 6.07) is 4.93. The Morgan fingerprint density at radius 3 is 2.73 bits per heavy atom. The van der Waals surface area contributed by atoms with Crippen molar-refractivity contribution in [2.24, 2.45) is 0 Å². The number of hydrogen-bond donors (Lipinski definition) is 1. The van der Waals surface area contributed by atoms with Crippen LogP contribution in [0.1, 0.15) is 29.0 Å². The lowest BCUT2D eigenvalue weighted by molar-refractivity contribution is -0.122. The third-order valence-corrected chi connectivity index (χ3v) is 6.15. The van der Waals surface area contributed by atoms with Crippen LogP contribution in [0.3, 0.4) is 0 Å². The van der Waals surface area contributed by atoms with Crippen LogP contribution < -0.4 is 10.9 Å². The largest absolute Gasteiger partial charge is 0.348 e. The molecule has 1 unspecified atom stereocenters. The molecule has 0 saturated carbocycles. The summed E-state index contributed by atoms with van der Waals surface area (Å²) in [5.41, 5.74) is 1.55. The number of hydrogen-bond acceptors (Lipinski definition) is 4. The molecule has 1 atom stereocenters. The van der Waals surface area contributed by atoms with Crippen molar-refractivity contribution < 1.29 is 4.79 Å². The van der Waals surface area contributed by atoms with Crippen LogP contribution in [0.25, 0.3) is 10.2 Å². The van der Waals surface area contributed by atoms with Crippen LogP contribution in [0.5, 0.6) is 0 Å². The highest BCUT2D eigenvalue weighted by atomic mass is 35.5.